The lowest BCUT2D eigenvalue weighted by atomic mass is 10.1. The predicted molar refractivity (Wildman–Crippen MR) is 124 cm³/mol. The Balaban J connectivity index is 1.76. The molecule has 0 radical (unpaired) electrons. The maximum atomic E-state index is 13.1. The summed E-state index contributed by atoms with van der Waals surface area (Å²) >= 11 is 0. The lowest BCUT2D eigenvalue weighted by molar-refractivity contribution is -0.128. The van der Waals surface area contributed by atoms with Crippen LogP contribution in [-0.2, 0) is 21.9 Å². The lowest BCUT2D eigenvalue weighted by Crippen LogP contribution is -2.34. The highest BCUT2D eigenvalue weighted by molar-refractivity contribution is 7.89. The minimum absolute atomic E-state index is 0.00654. The Morgan fingerprint density at radius 2 is 1.81 bits per heavy atom. The Kier molecular flexibility index (Phi) is 7.73. The van der Waals surface area contributed by atoms with E-state index < -0.39 is 10.0 Å². The average Bonchev–Trinajstić information content (AvgIpc) is 3.04. The molecule has 1 atom stereocenters. The summed E-state index contributed by atoms with van der Waals surface area (Å²) in [5, 5.41) is 0. The van der Waals surface area contributed by atoms with Crippen LogP contribution >= 0.6 is 0 Å². The van der Waals surface area contributed by atoms with Crippen molar-refractivity contribution in [3.8, 4) is 0 Å². The first-order chi connectivity index (χ1) is 14.9. The van der Waals surface area contributed by atoms with E-state index in [0.717, 1.165) is 43.5 Å². The van der Waals surface area contributed by atoms with Gasteiger partial charge in [-0.2, -0.15) is 4.31 Å². The van der Waals surface area contributed by atoms with E-state index in [1.165, 1.54) is 4.31 Å². The van der Waals surface area contributed by atoms with Crippen molar-refractivity contribution in [3.05, 3.63) is 59.9 Å². The number of carbonyl (C=O) groups excluding carboxylic acids is 1. The molecule has 0 N–H and O–H groups in total. The Bertz CT molecular complexity index is 1000. The van der Waals surface area contributed by atoms with Crippen molar-refractivity contribution in [2.45, 2.75) is 50.5 Å². The average molecular weight is 444 g/mol. The topological polar surface area (TPSA) is 62.6 Å². The van der Waals surface area contributed by atoms with Crippen LogP contribution in [0.15, 0.2) is 53.6 Å². The summed E-state index contributed by atoms with van der Waals surface area (Å²) in [5.41, 5.74) is 1.96. The SMILES string of the molecule is CCN(CC)S(=O)(=O)c1ccc(C=CC(=O)N2CCCCCC2c2cccn2C)cc1. The number of amides is 1. The van der Waals surface area contributed by atoms with E-state index in [1.54, 1.807) is 36.4 Å². The third-order valence-corrected chi connectivity index (χ3v) is 8.07. The zero-order valence-electron chi connectivity index (χ0n) is 18.7. The van der Waals surface area contributed by atoms with Gasteiger partial charge in [-0.25, -0.2) is 8.42 Å². The molecule has 0 spiro atoms. The number of benzene rings is 1. The van der Waals surface area contributed by atoms with E-state index in [1.807, 2.05) is 38.1 Å². The molecule has 2 heterocycles. The molecule has 1 saturated heterocycles. The maximum Gasteiger partial charge on any atom is 0.247 e. The van der Waals surface area contributed by atoms with Gasteiger partial charge >= 0.3 is 0 Å². The third kappa shape index (κ3) is 5.28. The molecule has 0 saturated carbocycles. The summed E-state index contributed by atoms with van der Waals surface area (Å²) in [6.45, 7) is 5.28. The molecular weight excluding hydrogens is 410 g/mol. The van der Waals surface area contributed by atoms with E-state index in [-0.39, 0.29) is 16.8 Å². The lowest BCUT2D eigenvalue weighted by Gasteiger charge is -2.29. The van der Waals surface area contributed by atoms with E-state index >= 15 is 0 Å². The number of nitrogens with zero attached hydrogens (tertiary/aromatic N) is 3. The molecule has 31 heavy (non-hydrogen) atoms. The standard InChI is InChI=1S/C24H33N3O3S/c1-4-26(5-2)31(29,30)21-15-12-20(13-16-21)14-17-24(28)27-19-8-6-7-10-23(27)22-11-9-18-25(22)3/h9,11-18,23H,4-8,10,19H2,1-3H3. The summed E-state index contributed by atoms with van der Waals surface area (Å²) in [4.78, 5) is 15.3. The van der Waals surface area contributed by atoms with Gasteiger partial charge in [-0.15, -0.1) is 0 Å². The second-order valence-corrected chi connectivity index (χ2v) is 9.87. The normalized spacial score (nSPS) is 17.9. The number of aromatic nitrogens is 1. The van der Waals surface area contributed by atoms with Crippen LogP contribution in [0.1, 0.15) is 56.8 Å². The van der Waals surface area contributed by atoms with Crippen molar-refractivity contribution in [1.82, 2.24) is 13.8 Å². The van der Waals surface area contributed by atoms with Crippen LogP contribution in [0.4, 0.5) is 0 Å². The fourth-order valence-electron chi connectivity index (χ4n) is 4.23. The van der Waals surface area contributed by atoms with Gasteiger partial charge in [0.2, 0.25) is 15.9 Å². The molecule has 1 amide bonds. The van der Waals surface area contributed by atoms with Gasteiger partial charge in [-0.1, -0.05) is 38.8 Å². The molecule has 1 aliphatic rings. The van der Waals surface area contributed by atoms with Gasteiger partial charge in [0.05, 0.1) is 10.9 Å². The highest BCUT2D eigenvalue weighted by Crippen LogP contribution is 2.30. The monoisotopic (exact) mass is 443 g/mol. The molecule has 3 rings (SSSR count). The summed E-state index contributed by atoms with van der Waals surface area (Å²) in [6.07, 6.45) is 9.63. The van der Waals surface area contributed by atoms with Crippen LogP contribution in [0.25, 0.3) is 6.08 Å². The van der Waals surface area contributed by atoms with Crippen LogP contribution in [0, 0.1) is 0 Å². The van der Waals surface area contributed by atoms with Gasteiger partial charge in [0.15, 0.2) is 0 Å². The zero-order chi connectivity index (χ0) is 22.4. The van der Waals surface area contributed by atoms with Crippen LogP contribution in [-0.4, -0.2) is 47.7 Å². The molecular formula is C24H33N3O3S. The Morgan fingerprint density at radius 3 is 2.42 bits per heavy atom. The number of aryl methyl sites for hydroxylation is 1. The first-order valence-electron chi connectivity index (χ1n) is 11.1. The number of likely N-dealkylation sites (tertiary alicyclic amines) is 1. The molecule has 1 aromatic heterocycles. The summed E-state index contributed by atoms with van der Waals surface area (Å²) in [5.74, 6) is -0.00654. The number of sulfonamides is 1. The minimum Gasteiger partial charge on any atom is -0.353 e. The van der Waals surface area contributed by atoms with Gasteiger partial charge in [-0.3, -0.25) is 4.79 Å². The number of hydrogen-bond donors (Lipinski definition) is 0. The number of rotatable bonds is 7. The second-order valence-electron chi connectivity index (χ2n) is 7.93. The molecule has 1 unspecified atom stereocenters. The van der Waals surface area contributed by atoms with E-state index in [9.17, 15) is 13.2 Å². The van der Waals surface area contributed by atoms with Crippen LogP contribution in [0.5, 0.6) is 0 Å². The molecule has 0 bridgehead atoms. The molecule has 1 aliphatic heterocycles. The van der Waals surface area contributed by atoms with Crippen molar-refractivity contribution in [2.75, 3.05) is 19.6 Å². The van der Waals surface area contributed by atoms with E-state index in [4.69, 9.17) is 0 Å². The van der Waals surface area contributed by atoms with E-state index in [0.29, 0.717) is 13.1 Å². The summed E-state index contributed by atoms with van der Waals surface area (Å²) < 4.78 is 28.8. The molecule has 1 aromatic carbocycles. The number of carbonyl (C=O) groups is 1. The van der Waals surface area contributed by atoms with Crippen molar-refractivity contribution >= 4 is 22.0 Å². The van der Waals surface area contributed by atoms with Crippen LogP contribution < -0.4 is 0 Å². The smallest absolute Gasteiger partial charge is 0.247 e. The van der Waals surface area contributed by atoms with Gasteiger partial charge in [0.25, 0.3) is 0 Å². The third-order valence-electron chi connectivity index (χ3n) is 6.00. The molecule has 6 nitrogen and oxygen atoms in total. The first kappa shape index (κ1) is 23.3. The zero-order valence-corrected chi connectivity index (χ0v) is 19.5. The van der Waals surface area contributed by atoms with Crippen LogP contribution in [0.2, 0.25) is 0 Å². The fraction of sp³-hybridized carbons (Fsp3) is 0.458. The van der Waals surface area contributed by atoms with Crippen molar-refractivity contribution < 1.29 is 13.2 Å². The van der Waals surface area contributed by atoms with Crippen molar-refractivity contribution in [2.24, 2.45) is 7.05 Å². The number of hydrogen-bond acceptors (Lipinski definition) is 3. The predicted octanol–water partition coefficient (Wildman–Crippen LogP) is 4.21. The fourth-order valence-corrected chi connectivity index (χ4v) is 5.68. The molecule has 0 aliphatic carbocycles. The van der Waals surface area contributed by atoms with E-state index in [2.05, 4.69) is 10.6 Å². The molecule has 168 valence electrons. The highest BCUT2D eigenvalue weighted by Gasteiger charge is 2.27. The molecule has 2 aromatic rings. The maximum absolute atomic E-state index is 13.1. The first-order valence-corrected chi connectivity index (χ1v) is 12.5. The van der Waals surface area contributed by atoms with Crippen molar-refractivity contribution in [3.63, 3.8) is 0 Å². The Morgan fingerprint density at radius 1 is 1.10 bits per heavy atom. The van der Waals surface area contributed by atoms with Gasteiger partial charge in [0, 0.05) is 44.6 Å². The summed E-state index contributed by atoms with van der Waals surface area (Å²) in [6, 6.07) is 10.9. The Hall–Kier alpha value is -2.38. The quantitative estimate of drug-likeness (QED) is 0.602. The molecule has 7 heteroatoms. The molecule has 1 fully saturated rings. The van der Waals surface area contributed by atoms with Crippen molar-refractivity contribution in [1.29, 1.82) is 0 Å². The second kappa shape index (κ2) is 10.3. The van der Waals surface area contributed by atoms with Gasteiger partial charge < -0.3 is 9.47 Å². The summed E-state index contributed by atoms with van der Waals surface area (Å²) in [7, 11) is -1.45. The highest BCUT2D eigenvalue weighted by atomic mass is 32.2. The minimum atomic E-state index is -3.48. The van der Waals surface area contributed by atoms with Gasteiger partial charge in [0.1, 0.15) is 0 Å². The Labute approximate surface area is 186 Å². The van der Waals surface area contributed by atoms with Crippen LogP contribution in [0.3, 0.4) is 0 Å². The van der Waals surface area contributed by atoms with Gasteiger partial charge in [-0.05, 0) is 48.7 Å². The largest absolute Gasteiger partial charge is 0.353 e.